The van der Waals surface area contributed by atoms with Crippen molar-refractivity contribution >= 4 is 0 Å². The maximum atomic E-state index is 5.60. The second-order valence-corrected chi connectivity index (χ2v) is 6.14. The van der Waals surface area contributed by atoms with Crippen LogP contribution in [0.25, 0.3) is 0 Å². The fourth-order valence-corrected chi connectivity index (χ4v) is 1.99. The SMILES string of the molecule is CC1OCCC1(C)NCCCNC(C)(C)C. The highest BCUT2D eigenvalue weighted by atomic mass is 16.5. The van der Waals surface area contributed by atoms with Gasteiger partial charge in [0.2, 0.25) is 0 Å². The summed E-state index contributed by atoms with van der Waals surface area (Å²) in [6, 6.07) is 0. The maximum Gasteiger partial charge on any atom is 0.0726 e. The lowest BCUT2D eigenvalue weighted by molar-refractivity contribution is 0.0887. The predicted octanol–water partition coefficient (Wildman–Crippen LogP) is 1.92. The Morgan fingerprint density at radius 1 is 1.31 bits per heavy atom. The molecule has 0 bridgehead atoms. The van der Waals surface area contributed by atoms with Crippen molar-refractivity contribution in [3.05, 3.63) is 0 Å². The van der Waals surface area contributed by atoms with E-state index >= 15 is 0 Å². The first-order valence-electron chi connectivity index (χ1n) is 6.45. The van der Waals surface area contributed by atoms with E-state index in [0.717, 1.165) is 26.1 Å². The molecule has 1 saturated heterocycles. The number of nitrogens with one attached hydrogen (secondary N) is 2. The molecule has 16 heavy (non-hydrogen) atoms. The molecule has 1 heterocycles. The van der Waals surface area contributed by atoms with Gasteiger partial charge in [-0.25, -0.2) is 0 Å². The van der Waals surface area contributed by atoms with E-state index in [2.05, 4.69) is 45.3 Å². The Bertz CT molecular complexity index is 212. The molecule has 1 rings (SSSR count). The lowest BCUT2D eigenvalue weighted by Crippen LogP contribution is -2.48. The Morgan fingerprint density at radius 2 is 2.00 bits per heavy atom. The van der Waals surface area contributed by atoms with Gasteiger partial charge in [0.05, 0.1) is 6.10 Å². The Hall–Kier alpha value is -0.120. The van der Waals surface area contributed by atoms with Crippen molar-refractivity contribution in [3.63, 3.8) is 0 Å². The van der Waals surface area contributed by atoms with E-state index in [9.17, 15) is 0 Å². The number of hydrogen-bond acceptors (Lipinski definition) is 3. The average molecular weight is 228 g/mol. The van der Waals surface area contributed by atoms with Crippen molar-refractivity contribution in [2.75, 3.05) is 19.7 Å². The largest absolute Gasteiger partial charge is 0.377 e. The third kappa shape index (κ3) is 4.40. The van der Waals surface area contributed by atoms with Gasteiger partial charge in [0.1, 0.15) is 0 Å². The molecule has 0 spiro atoms. The highest BCUT2D eigenvalue weighted by Crippen LogP contribution is 2.24. The Morgan fingerprint density at radius 3 is 2.50 bits per heavy atom. The Labute approximate surface area is 100 Å². The number of rotatable bonds is 5. The van der Waals surface area contributed by atoms with E-state index in [1.165, 1.54) is 6.42 Å². The molecule has 0 aliphatic carbocycles. The average Bonchev–Trinajstić information content (AvgIpc) is 2.45. The van der Waals surface area contributed by atoms with Gasteiger partial charge in [0.25, 0.3) is 0 Å². The zero-order chi connectivity index (χ0) is 12.2. The summed E-state index contributed by atoms with van der Waals surface area (Å²) in [5, 5.41) is 7.13. The molecule has 2 unspecified atom stereocenters. The molecule has 0 amide bonds. The van der Waals surface area contributed by atoms with E-state index in [-0.39, 0.29) is 11.1 Å². The second kappa shape index (κ2) is 5.48. The van der Waals surface area contributed by atoms with Crippen molar-refractivity contribution < 1.29 is 4.74 Å². The highest BCUT2D eigenvalue weighted by molar-refractivity contribution is 4.93. The molecule has 3 heteroatoms. The van der Waals surface area contributed by atoms with Gasteiger partial charge in [0, 0.05) is 17.7 Å². The number of ether oxygens (including phenoxy) is 1. The van der Waals surface area contributed by atoms with E-state index < -0.39 is 0 Å². The first-order valence-corrected chi connectivity index (χ1v) is 6.45. The third-order valence-corrected chi connectivity index (χ3v) is 3.42. The summed E-state index contributed by atoms with van der Waals surface area (Å²) < 4.78 is 5.60. The van der Waals surface area contributed by atoms with Crippen molar-refractivity contribution in [2.45, 2.75) is 64.6 Å². The van der Waals surface area contributed by atoms with E-state index in [0.29, 0.717) is 6.10 Å². The molecule has 2 N–H and O–H groups in total. The van der Waals surface area contributed by atoms with Crippen LogP contribution >= 0.6 is 0 Å². The topological polar surface area (TPSA) is 33.3 Å². The van der Waals surface area contributed by atoms with Crippen LogP contribution in [-0.2, 0) is 4.74 Å². The summed E-state index contributed by atoms with van der Waals surface area (Å²) >= 11 is 0. The molecular formula is C13H28N2O. The molecule has 0 saturated carbocycles. The van der Waals surface area contributed by atoms with Gasteiger partial charge in [-0.05, 0) is 60.5 Å². The zero-order valence-electron chi connectivity index (χ0n) is 11.5. The van der Waals surface area contributed by atoms with Crippen LogP contribution in [0, 0.1) is 0 Å². The lowest BCUT2D eigenvalue weighted by atomic mass is 9.94. The van der Waals surface area contributed by atoms with Gasteiger partial charge in [0.15, 0.2) is 0 Å². The summed E-state index contributed by atoms with van der Waals surface area (Å²) in [5.74, 6) is 0. The standard InChI is InChI=1S/C13H28N2O/c1-11-13(5,7-10-16-11)15-9-6-8-14-12(2,3)4/h11,14-15H,6-10H2,1-5H3. The summed E-state index contributed by atoms with van der Waals surface area (Å²) in [4.78, 5) is 0. The van der Waals surface area contributed by atoms with Gasteiger partial charge in [-0.3, -0.25) is 0 Å². The minimum Gasteiger partial charge on any atom is -0.377 e. The number of hydrogen-bond donors (Lipinski definition) is 2. The third-order valence-electron chi connectivity index (χ3n) is 3.42. The van der Waals surface area contributed by atoms with Gasteiger partial charge in [-0.15, -0.1) is 0 Å². The molecule has 0 aromatic rings. The molecule has 0 radical (unpaired) electrons. The molecule has 1 aliphatic heterocycles. The minimum absolute atomic E-state index is 0.182. The zero-order valence-corrected chi connectivity index (χ0v) is 11.5. The monoisotopic (exact) mass is 228 g/mol. The predicted molar refractivity (Wildman–Crippen MR) is 68.8 cm³/mol. The van der Waals surface area contributed by atoms with Gasteiger partial charge in [-0.1, -0.05) is 0 Å². The molecule has 96 valence electrons. The fraction of sp³-hybridized carbons (Fsp3) is 1.00. The van der Waals surface area contributed by atoms with Crippen molar-refractivity contribution in [2.24, 2.45) is 0 Å². The fourth-order valence-electron chi connectivity index (χ4n) is 1.99. The van der Waals surface area contributed by atoms with Crippen LogP contribution in [0.3, 0.4) is 0 Å². The molecule has 0 aromatic carbocycles. The van der Waals surface area contributed by atoms with Crippen molar-refractivity contribution in [3.8, 4) is 0 Å². The van der Waals surface area contributed by atoms with Gasteiger partial charge in [-0.2, -0.15) is 0 Å². The molecular weight excluding hydrogens is 200 g/mol. The smallest absolute Gasteiger partial charge is 0.0726 e. The van der Waals surface area contributed by atoms with Crippen LogP contribution in [0.4, 0.5) is 0 Å². The first kappa shape index (κ1) is 13.9. The molecule has 1 aliphatic rings. The Kier molecular flexibility index (Phi) is 4.77. The summed E-state index contributed by atoms with van der Waals surface area (Å²) in [5.41, 5.74) is 0.412. The summed E-state index contributed by atoms with van der Waals surface area (Å²) in [6.45, 7) is 14.1. The summed E-state index contributed by atoms with van der Waals surface area (Å²) in [7, 11) is 0. The van der Waals surface area contributed by atoms with Crippen LogP contribution in [-0.4, -0.2) is 36.9 Å². The van der Waals surface area contributed by atoms with Crippen LogP contribution in [0.5, 0.6) is 0 Å². The van der Waals surface area contributed by atoms with E-state index in [1.807, 2.05) is 0 Å². The molecule has 0 aromatic heterocycles. The van der Waals surface area contributed by atoms with Crippen LogP contribution < -0.4 is 10.6 Å². The van der Waals surface area contributed by atoms with Crippen LogP contribution in [0.1, 0.15) is 47.5 Å². The van der Waals surface area contributed by atoms with E-state index in [1.54, 1.807) is 0 Å². The normalized spacial score (nSPS) is 30.9. The van der Waals surface area contributed by atoms with Crippen LogP contribution in [0.15, 0.2) is 0 Å². The minimum atomic E-state index is 0.182. The second-order valence-electron chi connectivity index (χ2n) is 6.14. The molecule has 2 atom stereocenters. The quantitative estimate of drug-likeness (QED) is 0.705. The molecule has 1 fully saturated rings. The lowest BCUT2D eigenvalue weighted by Gasteiger charge is -2.29. The van der Waals surface area contributed by atoms with E-state index in [4.69, 9.17) is 4.74 Å². The van der Waals surface area contributed by atoms with Crippen molar-refractivity contribution in [1.82, 2.24) is 10.6 Å². The van der Waals surface area contributed by atoms with Crippen molar-refractivity contribution in [1.29, 1.82) is 0 Å². The molecule has 3 nitrogen and oxygen atoms in total. The first-order chi connectivity index (χ1) is 7.33. The van der Waals surface area contributed by atoms with Gasteiger partial charge < -0.3 is 15.4 Å². The van der Waals surface area contributed by atoms with Gasteiger partial charge >= 0.3 is 0 Å². The Balaban J connectivity index is 2.11. The highest BCUT2D eigenvalue weighted by Gasteiger charge is 2.35. The summed E-state index contributed by atoms with van der Waals surface area (Å²) in [6.07, 6.45) is 2.63. The maximum absolute atomic E-state index is 5.60. The van der Waals surface area contributed by atoms with Crippen LogP contribution in [0.2, 0.25) is 0 Å².